The zero-order chi connectivity index (χ0) is 14.8. The van der Waals surface area contributed by atoms with E-state index in [0.717, 1.165) is 24.4 Å². The third-order valence-corrected chi connectivity index (χ3v) is 2.97. The fraction of sp³-hybridized carbons (Fsp3) is 0.533. The van der Waals surface area contributed by atoms with E-state index in [1.807, 2.05) is 29.2 Å². The van der Waals surface area contributed by atoms with Crippen molar-refractivity contribution in [1.29, 1.82) is 0 Å². The Balaban J connectivity index is 2.59. The van der Waals surface area contributed by atoms with Crippen LogP contribution < -0.4 is 10.5 Å². The van der Waals surface area contributed by atoms with Gasteiger partial charge in [-0.25, -0.2) is 4.99 Å². The van der Waals surface area contributed by atoms with Crippen molar-refractivity contribution >= 4 is 5.96 Å². The van der Waals surface area contributed by atoms with Gasteiger partial charge in [0, 0.05) is 20.2 Å². The summed E-state index contributed by atoms with van der Waals surface area (Å²) in [4.78, 5) is 6.44. The second-order valence-electron chi connectivity index (χ2n) is 4.34. The van der Waals surface area contributed by atoms with Crippen molar-refractivity contribution in [3.05, 3.63) is 29.8 Å². The van der Waals surface area contributed by atoms with E-state index in [1.165, 1.54) is 0 Å². The van der Waals surface area contributed by atoms with Gasteiger partial charge in [-0.3, -0.25) is 0 Å². The molecule has 2 N–H and O–H groups in total. The van der Waals surface area contributed by atoms with Crippen molar-refractivity contribution in [2.45, 2.75) is 20.4 Å². The van der Waals surface area contributed by atoms with E-state index in [4.69, 9.17) is 15.2 Å². The summed E-state index contributed by atoms with van der Waals surface area (Å²) in [5.41, 5.74) is 7.03. The van der Waals surface area contributed by atoms with E-state index >= 15 is 0 Å². The summed E-state index contributed by atoms with van der Waals surface area (Å²) in [6, 6.07) is 7.88. The van der Waals surface area contributed by atoms with Gasteiger partial charge in [-0.1, -0.05) is 12.1 Å². The molecule has 0 unspecified atom stereocenters. The predicted molar refractivity (Wildman–Crippen MR) is 82.1 cm³/mol. The summed E-state index contributed by atoms with van der Waals surface area (Å²) in [6.07, 6.45) is 0. The number of guanidine groups is 1. The van der Waals surface area contributed by atoms with E-state index in [9.17, 15) is 0 Å². The molecule has 0 saturated carbocycles. The molecule has 1 aromatic carbocycles. The second-order valence-corrected chi connectivity index (χ2v) is 4.34. The van der Waals surface area contributed by atoms with Gasteiger partial charge in [0.15, 0.2) is 5.96 Å². The Bertz CT molecular complexity index is 417. The number of benzene rings is 1. The Kier molecular flexibility index (Phi) is 7.50. The van der Waals surface area contributed by atoms with E-state index in [1.54, 1.807) is 7.11 Å². The first-order valence-electron chi connectivity index (χ1n) is 6.96. The highest BCUT2D eigenvalue weighted by Gasteiger charge is 2.02. The van der Waals surface area contributed by atoms with Gasteiger partial charge in [0.05, 0.1) is 13.2 Å². The quantitative estimate of drug-likeness (QED) is 0.448. The lowest BCUT2D eigenvalue weighted by atomic mass is 10.2. The smallest absolute Gasteiger partial charge is 0.191 e. The lowest BCUT2D eigenvalue weighted by molar-refractivity contribution is 0.146. The Morgan fingerprint density at radius 3 is 2.65 bits per heavy atom. The Morgan fingerprint density at radius 2 is 2.00 bits per heavy atom. The monoisotopic (exact) mass is 279 g/mol. The molecule has 0 atom stereocenters. The molecule has 0 heterocycles. The van der Waals surface area contributed by atoms with Gasteiger partial charge in [0.2, 0.25) is 0 Å². The van der Waals surface area contributed by atoms with E-state index in [0.29, 0.717) is 25.7 Å². The molecule has 20 heavy (non-hydrogen) atoms. The summed E-state index contributed by atoms with van der Waals surface area (Å²) >= 11 is 0. The van der Waals surface area contributed by atoms with E-state index < -0.39 is 0 Å². The SMILES string of the molecule is CCN(CC)C(N)=NCc1cccc(OCCOC)c1. The van der Waals surface area contributed by atoms with E-state index in [2.05, 4.69) is 18.8 Å². The van der Waals surface area contributed by atoms with Crippen LogP contribution in [-0.4, -0.2) is 44.3 Å². The molecule has 0 fully saturated rings. The lowest BCUT2D eigenvalue weighted by Crippen LogP contribution is -2.37. The Labute approximate surface area is 121 Å². The molecular formula is C15H25N3O2. The average Bonchev–Trinajstić information content (AvgIpc) is 2.47. The maximum Gasteiger partial charge on any atom is 0.191 e. The number of rotatable bonds is 8. The lowest BCUT2D eigenvalue weighted by Gasteiger charge is -2.19. The number of nitrogens with two attached hydrogens (primary N) is 1. The van der Waals surface area contributed by atoms with Gasteiger partial charge in [-0.05, 0) is 31.5 Å². The van der Waals surface area contributed by atoms with Crippen LogP contribution in [0.5, 0.6) is 5.75 Å². The van der Waals surface area contributed by atoms with Gasteiger partial charge < -0.3 is 20.1 Å². The third kappa shape index (κ3) is 5.48. The number of hydrogen-bond acceptors (Lipinski definition) is 3. The summed E-state index contributed by atoms with van der Waals surface area (Å²) in [5, 5.41) is 0. The predicted octanol–water partition coefficient (Wildman–Crippen LogP) is 1.87. The molecule has 0 aliphatic rings. The molecule has 112 valence electrons. The van der Waals surface area contributed by atoms with Crippen molar-refractivity contribution in [3.8, 4) is 5.75 Å². The maximum absolute atomic E-state index is 5.95. The van der Waals surface area contributed by atoms with Gasteiger partial charge in [0.1, 0.15) is 12.4 Å². The number of methoxy groups -OCH3 is 1. The molecule has 5 heteroatoms. The zero-order valence-corrected chi connectivity index (χ0v) is 12.6. The van der Waals surface area contributed by atoms with Gasteiger partial charge >= 0.3 is 0 Å². The highest BCUT2D eigenvalue weighted by Crippen LogP contribution is 2.14. The summed E-state index contributed by atoms with van der Waals surface area (Å²) in [6.45, 7) is 7.55. The minimum Gasteiger partial charge on any atom is -0.491 e. The first-order valence-corrected chi connectivity index (χ1v) is 6.96. The molecule has 1 aromatic rings. The van der Waals surface area contributed by atoms with Crippen LogP contribution in [0.3, 0.4) is 0 Å². The third-order valence-electron chi connectivity index (χ3n) is 2.97. The van der Waals surface area contributed by atoms with Crippen LogP contribution >= 0.6 is 0 Å². The van der Waals surface area contributed by atoms with Crippen LogP contribution in [-0.2, 0) is 11.3 Å². The number of nitrogens with zero attached hydrogens (tertiary/aromatic N) is 2. The fourth-order valence-electron chi connectivity index (χ4n) is 1.80. The van der Waals surface area contributed by atoms with Crippen LogP contribution in [0.2, 0.25) is 0 Å². The summed E-state index contributed by atoms with van der Waals surface area (Å²) in [5.74, 6) is 1.41. The fourth-order valence-corrected chi connectivity index (χ4v) is 1.80. The molecule has 5 nitrogen and oxygen atoms in total. The number of hydrogen-bond donors (Lipinski definition) is 1. The second kappa shape index (κ2) is 9.20. The number of ether oxygens (including phenoxy) is 2. The highest BCUT2D eigenvalue weighted by molar-refractivity contribution is 5.78. The van der Waals surface area contributed by atoms with Gasteiger partial charge in [0.25, 0.3) is 0 Å². The Hall–Kier alpha value is -1.75. The molecule has 0 aliphatic heterocycles. The molecule has 0 radical (unpaired) electrons. The molecule has 1 rings (SSSR count). The normalized spacial score (nSPS) is 11.4. The van der Waals surface area contributed by atoms with Crippen molar-refractivity contribution in [1.82, 2.24) is 4.90 Å². The largest absolute Gasteiger partial charge is 0.491 e. The molecule has 0 aliphatic carbocycles. The van der Waals surface area contributed by atoms with Crippen LogP contribution in [0, 0.1) is 0 Å². The maximum atomic E-state index is 5.95. The minimum absolute atomic E-state index is 0.546. The van der Waals surface area contributed by atoms with Crippen molar-refractivity contribution < 1.29 is 9.47 Å². The minimum atomic E-state index is 0.546. The topological polar surface area (TPSA) is 60.1 Å². The first kappa shape index (κ1) is 16.3. The molecular weight excluding hydrogens is 254 g/mol. The van der Waals surface area contributed by atoms with Crippen molar-refractivity contribution in [3.63, 3.8) is 0 Å². The summed E-state index contributed by atoms with van der Waals surface area (Å²) < 4.78 is 10.5. The number of aliphatic imine (C=N–C) groups is 1. The molecule has 0 saturated heterocycles. The van der Waals surface area contributed by atoms with Crippen LogP contribution in [0.1, 0.15) is 19.4 Å². The molecule has 0 spiro atoms. The molecule has 0 aromatic heterocycles. The Morgan fingerprint density at radius 1 is 1.25 bits per heavy atom. The van der Waals surface area contributed by atoms with Crippen LogP contribution in [0.15, 0.2) is 29.3 Å². The molecule has 0 amide bonds. The standard InChI is InChI=1S/C15H25N3O2/c1-4-18(5-2)15(16)17-12-13-7-6-8-14(11-13)20-10-9-19-3/h6-8,11H,4-5,9-10,12H2,1-3H3,(H2,16,17). The van der Waals surface area contributed by atoms with Gasteiger partial charge in [-0.15, -0.1) is 0 Å². The van der Waals surface area contributed by atoms with Crippen molar-refractivity contribution in [2.24, 2.45) is 10.7 Å². The van der Waals surface area contributed by atoms with E-state index in [-0.39, 0.29) is 0 Å². The highest BCUT2D eigenvalue weighted by atomic mass is 16.5. The molecule has 0 bridgehead atoms. The van der Waals surface area contributed by atoms with Crippen LogP contribution in [0.25, 0.3) is 0 Å². The summed E-state index contributed by atoms with van der Waals surface area (Å²) in [7, 11) is 1.66. The zero-order valence-electron chi connectivity index (χ0n) is 12.6. The average molecular weight is 279 g/mol. The van der Waals surface area contributed by atoms with Crippen molar-refractivity contribution in [2.75, 3.05) is 33.4 Å². The first-order chi connectivity index (χ1) is 9.71. The van der Waals surface area contributed by atoms with Gasteiger partial charge in [-0.2, -0.15) is 0 Å². The van der Waals surface area contributed by atoms with Crippen LogP contribution in [0.4, 0.5) is 0 Å².